The van der Waals surface area contributed by atoms with Crippen LogP contribution in [0.5, 0.6) is 0 Å². The molecule has 102 valence electrons. The van der Waals surface area contributed by atoms with Crippen molar-refractivity contribution in [2.45, 2.75) is 0 Å². The smallest absolute Gasteiger partial charge is 0.206 e. The molecule has 0 aliphatic rings. The zero-order chi connectivity index (χ0) is 14.4. The standard InChI is InChI=1S/C13H7F4N3/c14-6-1-2-10-9(4-6)19-13(18)20(10)11-5-7(15)3-8(16)12(11)17/h1-5H,(H2,18,19). The molecule has 0 saturated carbocycles. The average molecular weight is 281 g/mol. The number of halogens is 4. The molecule has 0 saturated heterocycles. The summed E-state index contributed by atoms with van der Waals surface area (Å²) in [6, 6.07) is 4.73. The zero-order valence-electron chi connectivity index (χ0n) is 9.87. The van der Waals surface area contributed by atoms with Crippen molar-refractivity contribution in [3.8, 4) is 5.69 Å². The van der Waals surface area contributed by atoms with E-state index in [-0.39, 0.29) is 17.0 Å². The van der Waals surface area contributed by atoms with Crippen molar-refractivity contribution in [2.75, 3.05) is 5.73 Å². The Morgan fingerprint density at radius 1 is 0.950 bits per heavy atom. The molecule has 0 fully saturated rings. The molecule has 0 spiro atoms. The molecule has 1 heterocycles. The fourth-order valence-electron chi connectivity index (χ4n) is 2.03. The summed E-state index contributed by atoms with van der Waals surface area (Å²) in [4.78, 5) is 3.84. The SMILES string of the molecule is Nc1nc2cc(F)ccc2n1-c1cc(F)cc(F)c1F. The molecule has 0 aliphatic heterocycles. The van der Waals surface area contributed by atoms with Crippen LogP contribution in [0.3, 0.4) is 0 Å². The van der Waals surface area contributed by atoms with E-state index in [1.807, 2.05) is 0 Å². The average Bonchev–Trinajstić information content (AvgIpc) is 2.69. The molecule has 2 aromatic carbocycles. The van der Waals surface area contributed by atoms with Crippen LogP contribution in [0.2, 0.25) is 0 Å². The topological polar surface area (TPSA) is 43.8 Å². The number of hydrogen-bond donors (Lipinski definition) is 1. The largest absolute Gasteiger partial charge is 0.369 e. The second-order valence-corrected chi connectivity index (χ2v) is 4.16. The van der Waals surface area contributed by atoms with E-state index < -0.39 is 29.0 Å². The third kappa shape index (κ3) is 1.78. The molecule has 1 aromatic heterocycles. The van der Waals surface area contributed by atoms with Gasteiger partial charge in [0.25, 0.3) is 0 Å². The minimum Gasteiger partial charge on any atom is -0.369 e. The van der Waals surface area contributed by atoms with Crippen LogP contribution in [0.25, 0.3) is 16.7 Å². The number of hydrogen-bond acceptors (Lipinski definition) is 2. The van der Waals surface area contributed by atoms with E-state index in [1.54, 1.807) is 0 Å². The van der Waals surface area contributed by atoms with Crippen LogP contribution in [-0.2, 0) is 0 Å². The van der Waals surface area contributed by atoms with E-state index in [2.05, 4.69) is 4.98 Å². The maximum atomic E-state index is 13.8. The van der Waals surface area contributed by atoms with Crippen molar-refractivity contribution >= 4 is 17.0 Å². The predicted octanol–water partition coefficient (Wildman–Crippen LogP) is 3.16. The van der Waals surface area contributed by atoms with Gasteiger partial charge in [0.15, 0.2) is 11.6 Å². The van der Waals surface area contributed by atoms with Crippen molar-refractivity contribution in [1.82, 2.24) is 9.55 Å². The van der Waals surface area contributed by atoms with E-state index in [0.29, 0.717) is 6.07 Å². The third-order valence-corrected chi connectivity index (χ3v) is 2.86. The number of nitrogens with two attached hydrogens (primary N) is 1. The van der Waals surface area contributed by atoms with Crippen LogP contribution < -0.4 is 5.73 Å². The lowest BCUT2D eigenvalue weighted by Gasteiger charge is -2.08. The lowest BCUT2D eigenvalue weighted by molar-refractivity contribution is 0.491. The second kappa shape index (κ2) is 4.22. The number of imidazole rings is 1. The molecular weight excluding hydrogens is 274 g/mol. The Hall–Kier alpha value is -2.57. The lowest BCUT2D eigenvalue weighted by Crippen LogP contribution is -2.05. The Kier molecular flexibility index (Phi) is 2.63. The highest BCUT2D eigenvalue weighted by Gasteiger charge is 2.18. The van der Waals surface area contributed by atoms with Gasteiger partial charge >= 0.3 is 0 Å². The van der Waals surface area contributed by atoms with Crippen LogP contribution >= 0.6 is 0 Å². The highest BCUT2D eigenvalue weighted by atomic mass is 19.2. The first-order valence-corrected chi connectivity index (χ1v) is 5.56. The molecule has 0 radical (unpaired) electrons. The van der Waals surface area contributed by atoms with E-state index in [0.717, 1.165) is 22.8 Å². The normalized spacial score (nSPS) is 11.2. The van der Waals surface area contributed by atoms with Gasteiger partial charge in [0.1, 0.15) is 11.6 Å². The maximum absolute atomic E-state index is 13.8. The van der Waals surface area contributed by atoms with Crippen molar-refractivity contribution in [3.05, 3.63) is 53.6 Å². The second-order valence-electron chi connectivity index (χ2n) is 4.16. The van der Waals surface area contributed by atoms with E-state index in [4.69, 9.17) is 5.73 Å². The molecule has 0 bridgehead atoms. The highest BCUT2D eigenvalue weighted by Crippen LogP contribution is 2.27. The Morgan fingerprint density at radius 3 is 2.45 bits per heavy atom. The number of benzene rings is 2. The van der Waals surface area contributed by atoms with Crippen molar-refractivity contribution in [3.63, 3.8) is 0 Å². The van der Waals surface area contributed by atoms with Gasteiger partial charge in [-0.1, -0.05) is 0 Å². The first-order valence-electron chi connectivity index (χ1n) is 5.56. The molecule has 3 rings (SSSR count). The van der Waals surface area contributed by atoms with Gasteiger partial charge in [-0.2, -0.15) is 0 Å². The summed E-state index contributed by atoms with van der Waals surface area (Å²) in [6.45, 7) is 0. The first kappa shape index (κ1) is 12.5. The monoisotopic (exact) mass is 281 g/mol. The van der Waals surface area contributed by atoms with Gasteiger partial charge in [0, 0.05) is 18.2 Å². The number of fused-ring (bicyclic) bond motifs is 1. The van der Waals surface area contributed by atoms with Gasteiger partial charge in [-0.05, 0) is 12.1 Å². The third-order valence-electron chi connectivity index (χ3n) is 2.86. The molecular formula is C13H7F4N3. The Labute approximate surface area is 110 Å². The van der Waals surface area contributed by atoms with Crippen LogP contribution in [0.4, 0.5) is 23.5 Å². The van der Waals surface area contributed by atoms with Crippen LogP contribution in [0, 0.1) is 23.3 Å². The molecule has 2 N–H and O–H groups in total. The van der Waals surface area contributed by atoms with Gasteiger partial charge in [0.2, 0.25) is 5.95 Å². The summed E-state index contributed by atoms with van der Waals surface area (Å²) in [5.41, 5.74) is 5.60. The minimum absolute atomic E-state index is 0.159. The van der Waals surface area contributed by atoms with Crippen LogP contribution in [0.15, 0.2) is 30.3 Å². The van der Waals surface area contributed by atoms with Gasteiger partial charge in [0.05, 0.1) is 16.7 Å². The Bertz CT molecular complexity index is 826. The fraction of sp³-hybridized carbons (Fsp3) is 0. The number of rotatable bonds is 1. The molecule has 0 amide bonds. The number of nitrogen functional groups attached to an aromatic ring is 1. The fourth-order valence-corrected chi connectivity index (χ4v) is 2.03. The Balaban J connectivity index is 2.38. The van der Waals surface area contributed by atoms with Gasteiger partial charge in [-0.3, -0.25) is 4.57 Å². The van der Waals surface area contributed by atoms with Crippen molar-refractivity contribution in [1.29, 1.82) is 0 Å². The van der Waals surface area contributed by atoms with E-state index in [9.17, 15) is 17.6 Å². The van der Waals surface area contributed by atoms with Gasteiger partial charge in [-0.25, -0.2) is 22.5 Å². The molecule has 0 atom stereocenters. The molecule has 0 aliphatic carbocycles. The predicted molar refractivity (Wildman–Crippen MR) is 65.3 cm³/mol. The summed E-state index contributed by atoms with van der Waals surface area (Å²) in [5.74, 6) is -4.31. The quantitative estimate of drug-likeness (QED) is 0.550. The van der Waals surface area contributed by atoms with E-state index >= 15 is 0 Å². The number of aromatic nitrogens is 2. The Morgan fingerprint density at radius 2 is 1.70 bits per heavy atom. The minimum atomic E-state index is -1.34. The molecule has 7 heteroatoms. The first-order chi connectivity index (χ1) is 9.47. The number of nitrogens with zero attached hydrogens (tertiary/aromatic N) is 2. The summed E-state index contributed by atoms with van der Waals surface area (Å²) in [5, 5.41) is 0. The molecule has 20 heavy (non-hydrogen) atoms. The van der Waals surface area contributed by atoms with Crippen LogP contribution in [0.1, 0.15) is 0 Å². The van der Waals surface area contributed by atoms with E-state index in [1.165, 1.54) is 6.07 Å². The summed E-state index contributed by atoms with van der Waals surface area (Å²) >= 11 is 0. The summed E-state index contributed by atoms with van der Waals surface area (Å²) < 4.78 is 54.5. The summed E-state index contributed by atoms with van der Waals surface area (Å²) in [6.07, 6.45) is 0. The van der Waals surface area contributed by atoms with Crippen LogP contribution in [-0.4, -0.2) is 9.55 Å². The van der Waals surface area contributed by atoms with Crippen molar-refractivity contribution < 1.29 is 17.6 Å². The van der Waals surface area contributed by atoms with Gasteiger partial charge < -0.3 is 5.73 Å². The summed E-state index contributed by atoms with van der Waals surface area (Å²) in [7, 11) is 0. The number of anilines is 1. The maximum Gasteiger partial charge on any atom is 0.206 e. The molecule has 0 unspecified atom stereocenters. The highest BCUT2D eigenvalue weighted by molar-refractivity contribution is 5.80. The van der Waals surface area contributed by atoms with Crippen molar-refractivity contribution in [2.24, 2.45) is 0 Å². The zero-order valence-corrected chi connectivity index (χ0v) is 9.87. The lowest BCUT2D eigenvalue weighted by atomic mass is 10.2. The van der Waals surface area contributed by atoms with Gasteiger partial charge in [-0.15, -0.1) is 0 Å². The molecule has 3 nitrogen and oxygen atoms in total. The molecule has 3 aromatic rings.